The molecule has 96 valence electrons. The lowest BCUT2D eigenvalue weighted by atomic mass is 9.97. The highest BCUT2D eigenvalue weighted by molar-refractivity contribution is 5.95. The minimum Gasteiger partial charge on any atom is -0.481 e. The van der Waals surface area contributed by atoms with E-state index in [1.54, 1.807) is 11.8 Å². The molecule has 1 aliphatic rings. The van der Waals surface area contributed by atoms with Crippen molar-refractivity contribution in [3.8, 4) is 0 Å². The first kappa shape index (κ1) is 12.5. The van der Waals surface area contributed by atoms with Crippen LogP contribution in [0.1, 0.15) is 28.9 Å². The molecule has 0 bridgehead atoms. The Morgan fingerprint density at radius 1 is 1.50 bits per heavy atom. The molecule has 6 heteroatoms. The van der Waals surface area contributed by atoms with Crippen molar-refractivity contribution < 1.29 is 14.7 Å². The van der Waals surface area contributed by atoms with Crippen molar-refractivity contribution in [3.63, 3.8) is 0 Å². The number of hydrogen-bond donors (Lipinski definition) is 1. The lowest BCUT2D eigenvalue weighted by molar-refractivity contribution is -0.143. The van der Waals surface area contributed by atoms with Crippen LogP contribution in [0, 0.1) is 12.8 Å². The van der Waals surface area contributed by atoms with E-state index >= 15 is 0 Å². The minimum atomic E-state index is -0.839. The van der Waals surface area contributed by atoms with Gasteiger partial charge in [-0.15, -0.1) is 0 Å². The molecule has 1 saturated heterocycles. The number of likely N-dealkylation sites (tertiary alicyclic amines) is 1. The van der Waals surface area contributed by atoms with Crippen LogP contribution in [0.15, 0.2) is 12.5 Å². The molecule has 0 spiro atoms. The predicted molar refractivity (Wildman–Crippen MR) is 63.0 cm³/mol. The summed E-state index contributed by atoms with van der Waals surface area (Å²) in [5.41, 5.74) is 1.07. The molecule has 1 unspecified atom stereocenters. The smallest absolute Gasteiger partial charge is 0.308 e. The van der Waals surface area contributed by atoms with E-state index in [0.29, 0.717) is 24.2 Å². The summed E-state index contributed by atoms with van der Waals surface area (Å²) in [4.78, 5) is 32.6. The molecule has 1 aromatic rings. The van der Waals surface area contributed by atoms with Crippen LogP contribution in [0.3, 0.4) is 0 Å². The number of aryl methyl sites for hydroxylation is 1. The topological polar surface area (TPSA) is 83.4 Å². The Bertz CT molecular complexity index is 475. The van der Waals surface area contributed by atoms with E-state index in [2.05, 4.69) is 9.97 Å². The summed E-state index contributed by atoms with van der Waals surface area (Å²) in [6, 6.07) is 0. The number of rotatable bonds is 2. The molecule has 1 amide bonds. The van der Waals surface area contributed by atoms with Crippen molar-refractivity contribution >= 4 is 11.9 Å². The monoisotopic (exact) mass is 249 g/mol. The quantitative estimate of drug-likeness (QED) is 0.835. The van der Waals surface area contributed by atoms with Crippen LogP contribution < -0.4 is 0 Å². The Morgan fingerprint density at radius 2 is 2.28 bits per heavy atom. The molecular formula is C12H15N3O3. The summed E-state index contributed by atoms with van der Waals surface area (Å²) in [5, 5.41) is 9.00. The van der Waals surface area contributed by atoms with E-state index in [1.165, 1.54) is 12.5 Å². The van der Waals surface area contributed by atoms with Gasteiger partial charge in [-0.25, -0.2) is 9.97 Å². The molecule has 2 rings (SSSR count). The summed E-state index contributed by atoms with van der Waals surface area (Å²) in [6.07, 6.45) is 4.22. The van der Waals surface area contributed by atoms with Crippen molar-refractivity contribution in [2.75, 3.05) is 13.1 Å². The average Bonchev–Trinajstić information content (AvgIpc) is 2.38. The fourth-order valence-corrected chi connectivity index (χ4v) is 2.13. The summed E-state index contributed by atoms with van der Waals surface area (Å²) >= 11 is 0. The van der Waals surface area contributed by atoms with Gasteiger partial charge in [-0.2, -0.15) is 0 Å². The zero-order chi connectivity index (χ0) is 13.1. The van der Waals surface area contributed by atoms with Gasteiger partial charge < -0.3 is 10.0 Å². The molecule has 6 nitrogen and oxygen atoms in total. The molecule has 2 heterocycles. The molecule has 1 fully saturated rings. The van der Waals surface area contributed by atoms with Crippen LogP contribution in [0.5, 0.6) is 0 Å². The number of nitrogens with zero attached hydrogens (tertiary/aromatic N) is 3. The van der Waals surface area contributed by atoms with Gasteiger partial charge in [0.15, 0.2) is 0 Å². The molecule has 18 heavy (non-hydrogen) atoms. The fourth-order valence-electron chi connectivity index (χ4n) is 2.13. The van der Waals surface area contributed by atoms with E-state index in [0.717, 1.165) is 6.42 Å². The van der Waals surface area contributed by atoms with Crippen LogP contribution in [0.2, 0.25) is 0 Å². The summed E-state index contributed by atoms with van der Waals surface area (Å²) in [6.45, 7) is 2.60. The molecule has 1 N–H and O–H groups in total. The van der Waals surface area contributed by atoms with Gasteiger partial charge in [-0.3, -0.25) is 9.59 Å². The third-order valence-electron chi connectivity index (χ3n) is 3.20. The second-order valence-electron chi connectivity index (χ2n) is 4.45. The Kier molecular flexibility index (Phi) is 3.55. The van der Waals surface area contributed by atoms with Gasteiger partial charge in [0, 0.05) is 19.3 Å². The van der Waals surface area contributed by atoms with E-state index in [4.69, 9.17) is 5.11 Å². The fraction of sp³-hybridized carbons (Fsp3) is 0.500. The molecule has 0 saturated carbocycles. The van der Waals surface area contributed by atoms with Crippen molar-refractivity contribution in [1.29, 1.82) is 0 Å². The highest BCUT2D eigenvalue weighted by Crippen LogP contribution is 2.19. The number of aromatic nitrogens is 2. The van der Waals surface area contributed by atoms with Crippen LogP contribution in [-0.2, 0) is 4.79 Å². The first-order valence-corrected chi connectivity index (χ1v) is 5.88. The summed E-state index contributed by atoms with van der Waals surface area (Å²) < 4.78 is 0. The van der Waals surface area contributed by atoms with Gasteiger partial charge in [-0.05, 0) is 19.8 Å². The first-order chi connectivity index (χ1) is 8.59. The van der Waals surface area contributed by atoms with Crippen LogP contribution >= 0.6 is 0 Å². The number of carboxylic acids is 1. The zero-order valence-electron chi connectivity index (χ0n) is 10.2. The van der Waals surface area contributed by atoms with Gasteiger partial charge in [0.1, 0.15) is 6.33 Å². The second-order valence-corrected chi connectivity index (χ2v) is 4.45. The molecule has 1 aromatic heterocycles. The molecule has 0 aromatic carbocycles. The van der Waals surface area contributed by atoms with Crippen molar-refractivity contribution in [1.82, 2.24) is 14.9 Å². The lowest BCUT2D eigenvalue weighted by Gasteiger charge is -2.30. The second kappa shape index (κ2) is 5.12. The van der Waals surface area contributed by atoms with E-state index in [9.17, 15) is 9.59 Å². The standard InChI is InChI=1S/C12H15N3O3/c1-8-10(5-13-7-14-8)11(16)15-4-2-3-9(6-15)12(17)18/h5,7,9H,2-4,6H2,1H3,(H,17,18). The van der Waals surface area contributed by atoms with Gasteiger partial charge in [0.25, 0.3) is 5.91 Å². The van der Waals surface area contributed by atoms with Crippen LogP contribution in [0.25, 0.3) is 0 Å². The third kappa shape index (κ3) is 2.47. The molecule has 1 atom stereocenters. The highest BCUT2D eigenvalue weighted by atomic mass is 16.4. The van der Waals surface area contributed by atoms with Gasteiger partial charge >= 0.3 is 5.97 Å². The first-order valence-electron chi connectivity index (χ1n) is 5.88. The normalized spacial score (nSPS) is 19.6. The Balaban J connectivity index is 2.14. The van der Waals surface area contributed by atoms with Crippen molar-refractivity contribution in [2.24, 2.45) is 5.92 Å². The molecule has 0 aliphatic carbocycles. The average molecular weight is 249 g/mol. The maximum Gasteiger partial charge on any atom is 0.308 e. The number of carboxylic acid groups (broad SMARTS) is 1. The molecular weight excluding hydrogens is 234 g/mol. The van der Waals surface area contributed by atoms with E-state index in [-0.39, 0.29) is 12.5 Å². The summed E-state index contributed by atoms with van der Waals surface area (Å²) in [5.74, 6) is -1.49. The number of piperidine rings is 1. The van der Waals surface area contributed by atoms with Crippen LogP contribution in [-0.4, -0.2) is 44.9 Å². The molecule has 1 aliphatic heterocycles. The minimum absolute atomic E-state index is 0.181. The maximum absolute atomic E-state index is 12.2. The van der Waals surface area contributed by atoms with E-state index < -0.39 is 11.9 Å². The summed E-state index contributed by atoms with van der Waals surface area (Å²) in [7, 11) is 0. The van der Waals surface area contributed by atoms with Crippen molar-refractivity contribution in [3.05, 3.63) is 23.8 Å². The lowest BCUT2D eigenvalue weighted by Crippen LogP contribution is -2.42. The van der Waals surface area contributed by atoms with Gasteiger partial charge in [-0.1, -0.05) is 0 Å². The van der Waals surface area contributed by atoms with Gasteiger partial charge in [0.05, 0.1) is 17.2 Å². The largest absolute Gasteiger partial charge is 0.481 e. The predicted octanol–water partition coefficient (Wildman–Crippen LogP) is 0.722. The van der Waals surface area contributed by atoms with E-state index in [1.807, 2.05) is 0 Å². The number of carbonyl (C=O) groups excluding carboxylic acids is 1. The van der Waals surface area contributed by atoms with Gasteiger partial charge in [0.2, 0.25) is 0 Å². The van der Waals surface area contributed by atoms with Crippen molar-refractivity contribution in [2.45, 2.75) is 19.8 Å². The SMILES string of the molecule is Cc1ncncc1C(=O)N1CCCC(C(=O)O)C1. The Hall–Kier alpha value is -1.98. The number of aliphatic carboxylic acids is 1. The maximum atomic E-state index is 12.2. The Labute approximate surface area is 105 Å². The number of amides is 1. The molecule has 0 radical (unpaired) electrons. The number of hydrogen-bond acceptors (Lipinski definition) is 4. The number of carbonyl (C=O) groups is 2. The third-order valence-corrected chi connectivity index (χ3v) is 3.20. The Morgan fingerprint density at radius 3 is 2.94 bits per heavy atom. The van der Waals surface area contributed by atoms with Crippen LogP contribution in [0.4, 0.5) is 0 Å². The highest BCUT2D eigenvalue weighted by Gasteiger charge is 2.29. The zero-order valence-corrected chi connectivity index (χ0v) is 10.2.